The Bertz CT molecular complexity index is 1300. The number of anilines is 1. The molecule has 2 amide bonds. The summed E-state index contributed by atoms with van der Waals surface area (Å²) in [4.78, 5) is 27.5. The third kappa shape index (κ3) is 8.06. The second-order valence-corrected chi connectivity index (χ2v) is 11.2. The van der Waals surface area contributed by atoms with Crippen molar-refractivity contribution in [1.29, 1.82) is 0 Å². The highest BCUT2D eigenvalue weighted by Crippen LogP contribution is 2.26. The number of hydrogen-bond donors (Lipinski definition) is 1. The van der Waals surface area contributed by atoms with E-state index in [-0.39, 0.29) is 12.5 Å². The molecule has 0 aliphatic heterocycles. The third-order valence-corrected chi connectivity index (χ3v) is 7.24. The largest absolute Gasteiger partial charge is 0.457 e. The van der Waals surface area contributed by atoms with Crippen LogP contribution in [0.2, 0.25) is 0 Å². The zero-order valence-electron chi connectivity index (χ0n) is 20.9. The highest BCUT2D eigenvalue weighted by molar-refractivity contribution is 9.10. The van der Waals surface area contributed by atoms with Crippen LogP contribution in [0.5, 0.6) is 11.5 Å². The van der Waals surface area contributed by atoms with Gasteiger partial charge in [-0.05, 0) is 67.9 Å². The van der Waals surface area contributed by atoms with E-state index in [2.05, 4.69) is 21.2 Å². The third-order valence-electron chi connectivity index (χ3n) is 5.57. The number of para-hydroxylation sites is 1. The van der Waals surface area contributed by atoms with Gasteiger partial charge in [-0.25, -0.2) is 8.42 Å². The first-order chi connectivity index (χ1) is 17.6. The second-order valence-electron chi connectivity index (χ2n) is 8.40. The van der Waals surface area contributed by atoms with E-state index in [1.54, 1.807) is 38.1 Å². The minimum atomic E-state index is -3.81. The average molecular weight is 589 g/mol. The Morgan fingerprint density at radius 2 is 1.54 bits per heavy atom. The molecule has 0 aromatic heterocycles. The highest BCUT2D eigenvalue weighted by Gasteiger charge is 2.30. The summed E-state index contributed by atoms with van der Waals surface area (Å²) in [5, 5.41) is 2.73. The predicted octanol–water partition coefficient (Wildman–Crippen LogP) is 4.56. The van der Waals surface area contributed by atoms with Crippen LogP contribution in [0.25, 0.3) is 0 Å². The van der Waals surface area contributed by atoms with Gasteiger partial charge in [0.2, 0.25) is 21.8 Å². The fourth-order valence-electron chi connectivity index (χ4n) is 3.61. The van der Waals surface area contributed by atoms with Gasteiger partial charge in [-0.2, -0.15) is 0 Å². The van der Waals surface area contributed by atoms with E-state index in [1.165, 1.54) is 4.90 Å². The van der Waals surface area contributed by atoms with E-state index in [1.807, 2.05) is 54.6 Å². The van der Waals surface area contributed by atoms with Crippen molar-refractivity contribution in [3.8, 4) is 11.5 Å². The molecule has 3 rings (SSSR count). The summed E-state index contributed by atoms with van der Waals surface area (Å²) in [7, 11) is -3.81. The number of nitrogens with zero attached hydrogens (tertiary/aromatic N) is 2. The first-order valence-corrected chi connectivity index (χ1v) is 14.3. The van der Waals surface area contributed by atoms with Crippen molar-refractivity contribution < 1.29 is 22.7 Å². The van der Waals surface area contributed by atoms with Gasteiger partial charge in [0, 0.05) is 17.6 Å². The lowest BCUT2D eigenvalue weighted by atomic mass is 10.1. The monoisotopic (exact) mass is 587 g/mol. The summed E-state index contributed by atoms with van der Waals surface area (Å²) >= 11 is 3.39. The van der Waals surface area contributed by atoms with Crippen molar-refractivity contribution in [3.63, 3.8) is 0 Å². The lowest BCUT2D eigenvalue weighted by molar-refractivity contribution is -0.139. The summed E-state index contributed by atoms with van der Waals surface area (Å²) in [6, 6.07) is 22.2. The van der Waals surface area contributed by atoms with Gasteiger partial charge in [0.1, 0.15) is 24.1 Å². The standard InChI is InChI=1S/C27H30BrN3O5S/c1-4-29-27(33)20(2)30(18-21-10-12-22(28)13-11-21)26(32)19-31(37(3,34)35)23-14-16-25(17-15-23)36-24-8-6-5-7-9-24/h5-17,20H,4,18-19H2,1-3H3,(H,29,33). The van der Waals surface area contributed by atoms with Gasteiger partial charge in [0.15, 0.2) is 0 Å². The van der Waals surface area contributed by atoms with Crippen molar-refractivity contribution in [3.05, 3.63) is 88.9 Å². The van der Waals surface area contributed by atoms with Crippen molar-refractivity contribution in [2.45, 2.75) is 26.4 Å². The molecule has 3 aromatic rings. The molecule has 37 heavy (non-hydrogen) atoms. The Labute approximate surface area is 226 Å². The molecular formula is C27H30BrN3O5S. The molecule has 0 radical (unpaired) electrons. The van der Waals surface area contributed by atoms with Crippen molar-refractivity contribution in [2.24, 2.45) is 0 Å². The molecule has 1 unspecified atom stereocenters. The zero-order valence-corrected chi connectivity index (χ0v) is 23.3. The molecule has 1 N–H and O–H groups in total. The fraction of sp³-hybridized carbons (Fsp3) is 0.259. The van der Waals surface area contributed by atoms with Gasteiger partial charge in [-0.15, -0.1) is 0 Å². The van der Waals surface area contributed by atoms with E-state index >= 15 is 0 Å². The van der Waals surface area contributed by atoms with Crippen LogP contribution >= 0.6 is 15.9 Å². The highest BCUT2D eigenvalue weighted by atomic mass is 79.9. The molecule has 3 aromatic carbocycles. The number of halogens is 1. The van der Waals surface area contributed by atoms with Gasteiger partial charge in [0.25, 0.3) is 0 Å². The lowest BCUT2D eigenvalue weighted by Gasteiger charge is -2.31. The Kier molecular flexibility index (Phi) is 9.71. The maximum Gasteiger partial charge on any atom is 0.244 e. The predicted molar refractivity (Wildman–Crippen MR) is 148 cm³/mol. The van der Waals surface area contributed by atoms with Crippen LogP contribution in [0.1, 0.15) is 19.4 Å². The summed E-state index contributed by atoms with van der Waals surface area (Å²) in [5.74, 6) is 0.350. The lowest BCUT2D eigenvalue weighted by Crippen LogP contribution is -2.51. The molecule has 0 saturated carbocycles. The van der Waals surface area contributed by atoms with E-state index in [0.29, 0.717) is 23.7 Å². The Balaban J connectivity index is 1.85. The van der Waals surface area contributed by atoms with Crippen LogP contribution in [-0.4, -0.2) is 50.5 Å². The van der Waals surface area contributed by atoms with Gasteiger partial charge < -0.3 is 15.0 Å². The fourth-order valence-corrected chi connectivity index (χ4v) is 4.72. The molecule has 1 atom stereocenters. The van der Waals surface area contributed by atoms with Gasteiger partial charge in [0.05, 0.1) is 11.9 Å². The minimum absolute atomic E-state index is 0.145. The number of carbonyl (C=O) groups excluding carboxylic acids is 2. The molecule has 0 heterocycles. The van der Waals surface area contributed by atoms with Crippen molar-refractivity contribution in [2.75, 3.05) is 23.7 Å². The van der Waals surface area contributed by atoms with Crippen LogP contribution in [0.4, 0.5) is 5.69 Å². The molecule has 8 nitrogen and oxygen atoms in total. The maximum atomic E-state index is 13.5. The molecule has 196 valence electrons. The maximum absolute atomic E-state index is 13.5. The number of benzene rings is 3. The summed E-state index contributed by atoms with van der Waals surface area (Å²) in [6.07, 6.45) is 1.04. The van der Waals surface area contributed by atoms with E-state index in [4.69, 9.17) is 4.74 Å². The second kappa shape index (κ2) is 12.7. The number of carbonyl (C=O) groups is 2. The van der Waals surface area contributed by atoms with Gasteiger partial charge in [-0.1, -0.05) is 46.3 Å². The number of nitrogens with one attached hydrogen (secondary N) is 1. The number of ether oxygens (including phenoxy) is 1. The van der Waals surface area contributed by atoms with E-state index in [9.17, 15) is 18.0 Å². The van der Waals surface area contributed by atoms with E-state index in [0.717, 1.165) is 20.6 Å². The minimum Gasteiger partial charge on any atom is -0.457 e. The number of rotatable bonds is 11. The SMILES string of the molecule is CCNC(=O)C(C)N(Cc1ccc(Br)cc1)C(=O)CN(c1ccc(Oc2ccccc2)cc1)S(C)(=O)=O. The first-order valence-electron chi connectivity index (χ1n) is 11.7. The molecule has 0 bridgehead atoms. The van der Waals surface area contributed by atoms with Gasteiger partial charge >= 0.3 is 0 Å². The first kappa shape index (κ1) is 28.2. The molecular weight excluding hydrogens is 558 g/mol. The number of likely N-dealkylation sites (N-methyl/N-ethyl adjacent to an activating group) is 1. The van der Waals surface area contributed by atoms with Crippen LogP contribution in [0.3, 0.4) is 0 Å². The Morgan fingerprint density at radius 3 is 2.11 bits per heavy atom. The number of hydrogen-bond acceptors (Lipinski definition) is 5. The molecule has 0 spiro atoms. The van der Waals surface area contributed by atoms with Crippen molar-refractivity contribution in [1.82, 2.24) is 10.2 Å². The van der Waals surface area contributed by atoms with E-state index < -0.39 is 28.5 Å². The van der Waals surface area contributed by atoms with Crippen molar-refractivity contribution >= 4 is 43.5 Å². The Hall–Kier alpha value is -3.37. The summed E-state index contributed by atoms with van der Waals surface area (Å²) in [5.41, 5.74) is 1.12. The quantitative estimate of drug-likeness (QED) is 0.355. The molecule has 0 saturated heterocycles. The van der Waals surface area contributed by atoms with Crippen LogP contribution < -0.4 is 14.4 Å². The molecule has 0 fully saturated rings. The zero-order chi connectivity index (χ0) is 27.0. The van der Waals surface area contributed by atoms with Crippen LogP contribution in [-0.2, 0) is 26.2 Å². The molecule has 0 aliphatic carbocycles. The summed E-state index contributed by atoms with van der Waals surface area (Å²) < 4.78 is 33.1. The number of amides is 2. The number of sulfonamides is 1. The molecule has 10 heteroatoms. The van der Waals surface area contributed by atoms with Crippen LogP contribution in [0, 0.1) is 0 Å². The smallest absolute Gasteiger partial charge is 0.244 e. The Morgan fingerprint density at radius 1 is 0.946 bits per heavy atom. The summed E-state index contributed by atoms with van der Waals surface area (Å²) in [6.45, 7) is 3.52. The molecule has 0 aliphatic rings. The van der Waals surface area contributed by atoms with Crippen LogP contribution in [0.15, 0.2) is 83.3 Å². The van der Waals surface area contributed by atoms with Gasteiger partial charge in [-0.3, -0.25) is 13.9 Å². The topological polar surface area (TPSA) is 96.0 Å². The normalized spacial score (nSPS) is 11.9. The average Bonchev–Trinajstić information content (AvgIpc) is 2.87.